The predicted octanol–water partition coefficient (Wildman–Crippen LogP) is 4.06. The van der Waals surface area contributed by atoms with Crippen LogP contribution in [0.4, 0.5) is 4.39 Å². The Hall–Kier alpha value is -2.45. The molecule has 0 radical (unpaired) electrons. The van der Waals surface area contributed by atoms with E-state index in [2.05, 4.69) is 4.98 Å². The molecule has 0 aliphatic heterocycles. The average Bonchev–Trinajstić information content (AvgIpc) is 3.01. The van der Waals surface area contributed by atoms with E-state index in [1.807, 2.05) is 12.3 Å². The fraction of sp³-hybridized carbons (Fsp3) is 0.118. The van der Waals surface area contributed by atoms with E-state index >= 15 is 0 Å². The molecule has 3 aromatic rings. The summed E-state index contributed by atoms with van der Waals surface area (Å²) in [6.45, 7) is 1.91. The highest BCUT2D eigenvalue weighted by atomic mass is 32.2. The number of aromatic nitrogens is 1. The molecule has 0 unspecified atom stereocenters. The van der Waals surface area contributed by atoms with Gasteiger partial charge < -0.3 is 9.15 Å². The number of carbonyl (C=O) groups excluding carboxylic acids is 1. The lowest BCUT2D eigenvalue weighted by Crippen LogP contribution is -2.14. The number of hydrogen-bond acceptors (Lipinski definition) is 7. The minimum atomic E-state index is -0.757. The van der Waals surface area contributed by atoms with Gasteiger partial charge in [-0.1, -0.05) is 11.8 Å². The van der Waals surface area contributed by atoms with Crippen LogP contribution >= 0.6 is 23.1 Å². The summed E-state index contributed by atoms with van der Waals surface area (Å²) >= 11 is 2.97. The van der Waals surface area contributed by atoms with Gasteiger partial charge in [0, 0.05) is 17.1 Å². The molecule has 128 valence electrons. The molecule has 0 spiro atoms. The number of ether oxygens (including phenoxy) is 1. The maximum Gasteiger partial charge on any atom is 0.343 e. The first-order chi connectivity index (χ1) is 12.0. The van der Waals surface area contributed by atoms with Crippen molar-refractivity contribution in [2.45, 2.75) is 17.0 Å². The molecule has 2 heterocycles. The van der Waals surface area contributed by atoms with Crippen molar-refractivity contribution in [1.82, 2.24) is 4.98 Å². The third-order valence-corrected chi connectivity index (χ3v) is 5.23. The quantitative estimate of drug-likeness (QED) is 0.493. The van der Waals surface area contributed by atoms with Crippen LogP contribution in [-0.2, 0) is 5.75 Å². The van der Waals surface area contributed by atoms with Crippen molar-refractivity contribution in [2.24, 2.45) is 0 Å². The van der Waals surface area contributed by atoms with Gasteiger partial charge in [0.15, 0.2) is 4.34 Å². The lowest BCUT2D eigenvalue weighted by molar-refractivity contribution is 0.0728. The summed E-state index contributed by atoms with van der Waals surface area (Å²) in [6, 6.07) is 6.11. The zero-order valence-corrected chi connectivity index (χ0v) is 14.7. The van der Waals surface area contributed by atoms with Gasteiger partial charge >= 0.3 is 5.97 Å². The summed E-state index contributed by atoms with van der Waals surface area (Å²) in [5, 5.41) is 1.94. The Morgan fingerprint density at radius 2 is 2.12 bits per heavy atom. The Kier molecular flexibility index (Phi) is 5.30. The summed E-state index contributed by atoms with van der Waals surface area (Å²) in [6.07, 6.45) is 1.10. The average molecular weight is 377 g/mol. The molecule has 0 fully saturated rings. The summed E-state index contributed by atoms with van der Waals surface area (Å²) in [5.74, 6) is -0.549. The second kappa shape index (κ2) is 7.62. The van der Waals surface area contributed by atoms with Gasteiger partial charge in [-0.05, 0) is 31.2 Å². The molecule has 8 heteroatoms. The standard InChI is InChI=1S/C17H12FNO4S2/c1-10-8-24-17(19-10)25-9-13-6-14(20)15(7-22-13)23-16(21)11-2-4-12(18)5-3-11/h2-8H,9H2,1H3. The van der Waals surface area contributed by atoms with Crippen LogP contribution in [0.1, 0.15) is 21.8 Å². The van der Waals surface area contributed by atoms with E-state index in [4.69, 9.17) is 9.15 Å². The van der Waals surface area contributed by atoms with Crippen LogP contribution in [0.2, 0.25) is 0 Å². The van der Waals surface area contributed by atoms with E-state index in [9.17, 15) is 14.0 Å². The number of thiazole rings is 1. The lowest BCUT2D eigenvalue weighted by Gasteiger charge is -2.04. The van der Waals surface area contributed by atoms with E-state index in [1.54, 1.807) is 0 Å². The third kappa shape index (κ3) is 4.55. The molecule has 5 nitrogen and oxygen atoms in total. The number of carbonyl (C=O) groups is 1. The fourth-order valence-electron chi connectivity index (χ4n) is 1.87. The van der Waals surface area contributed by atoms with Crippen molar-refractivity contribution in [2.75, 3.05) is 0 Å². The third-order valence-electron chi connectivity index (χ3n) is 3.07. The predicted molar refractivity (Wildman–Crippen MR) is 92.7 cm³/mol. The largest absolute Gasteiger partial charge is 0.464 e. The van der Waals surface area contributed by atoms with Crippen LogP contribution in [-0.4, -0.2) is 11.0 Å². The minimum absolute atomic E-state index is 0.138. The highest BCUT2D eigenvalue weighted by Gasteiger charge is 2.13. The molecule has 0 saturated heterocycles. The second-order valence-corrected chi connectivity index (χ2v) is 7.10. The molecular weight excluding hydrogens is 365 g/mol. The van der Waals surface area contributed by atoms with E-state index in [0.717, 1.165) is 28.4 Å². The van der Waals surface area contributed by atoms with Gasteiger partial charge in [0.25, 0.3) is 0 Å². The smallest absolute Gasteiger partial charge is 0.343 e. The molecule has 0 atom stereocenters. The Labute approximate surface area is 150 Å². The fourth-order valence-corrected chi connectivity index (χ4v) is 3.60. The molecule has 0 aliphatic carbocycles. The number of aryl methyl sites for hydroxylation is 1. The van der Waals surface area contributed by atoms with E-state index in [0.29, 0.717) is 11.5 Å². The molecule has 0 bridgehead atoms. The Morgan fingerprint density at radius 3 is 2.76 bits per heavy atom. The minimum Gasteiger partial charge on any atom is -0.464 e. The number of benzene rings is 1. The van der Waals surface area contributed by atoms with Gasteiger partial charge in [-0.3, -0.25) is 4.79 Å². The van der Waals surface area contributed by atoms with Crippen LogP contribution in [0.5, 0.6) is 5.75 Å². The molecule has 2 aromatic heterocycles. The van der Waals surface area contributed by atoms with Crippen molar-refractivity contribution in [3.63, 3.8) is 0 Å². The molecule has 1 aromatic carbocycles. The molecule has 0 saturated carbocycles. The first-order valence-corrected chi connectivity index (χ1v) is 9.02. The van der Waals surface area contributed by atoms with Crippen molar-refractivity contribution >= 4 is 29.1 Å². The SMILES string of the molecule is Cc1csc(SCc2cc(=O)c(OC(=O)c3ccc(F)cc3)co2)n1. The van der Waals surface area contributed by atoms with Gasteiger partial charge in [-0.2, -0.15) is 0 Å². The molecular formula is C17H12FNO4S2. The maximum absolute atomic E-state index is 12.9. The lowest BCUT2D eigenvalue weighted by atomic mass is 10.2. The van der Waals surface area contributed by atoms with Gasteiger partial charge in [-0.25, -0.2) is 14.2 Å². The van der Waals surface area contributed by atoms with Crippen LogP contribution in [0.25, 0.3) is 0 Å². The molecule has 0 aliphatic rings. The highest BCUT2D eigenvalue weighted by molar-refractivity contribution is 8.00. The van der Waals surface area contributed by atoms with Crippen LogP contribution in [0.15, 0.2) is 55.5 Å². The van der Waals surface area contributed by atoms with Gasteiger partial charge in [0.05, 0.1) is 11.3 Å². The molecule has 0 N–H and O–H groups in total. The van der Waals surface area contributed by atoms with Crippen molar-refractivity contribution < 1.29 is 18.3 Å². The monoisotopic (exact) mass is 377 g/mol. The molecule has 25 heavy (non-hydrogen) atoms. The van der Waals surface area contributed by atoms with Crippen molar-refractivity contribution in [3.8, 4) is 5.75 Å². The number of thioether (sulfide) groups is 1. The Morgan fingerprint density at radius 1 is 1.36 bits per heavy atom. The normalized spacial score (nSPS) is 10.6. The van der Waals surface area contributed by atoms with E-state index < -0.39 is 17.2 Å². The van der Waals surface area contributed by atoms with Crippen molar-refractivity contribution in [3.05, 3.63) is 75.0 Å². The number of esters is 1. The van der Waals surface area contributed by atoms with E-state index in [-0.39, 0.29) is 11.3 Å². The van der Waals surface area contributed by atoms with Gasteiger partial charge in [-0.15, -0.1) is 11.3 Å². The maximum atomic E-state index is 12.9. The topological polar surface area (TPSA) is 69.4 Å². The van der Waals surface area contributed by atoms with Crippen molar-refractivity contribution in [1.29, 1.82) is 0 Å². The summed E-state index contributed by atoms with van der Waals surface area (Å²) in [4.78, 5) is 28.3. The zero-order valence-electron chi connectivity index (χ0n) is 13.0. The number of rotatable bonds is 5. The summed E-state index contributed by atoms with van der Waals surface area (Å²) in [7, 11) is 0. The zero-order chi connectivity index (χ0) is 17.8. The number of nitrogens with zero attached hydrogens (tertiary/aromatic N) is 1. The second-order valence-electron chi connectivity index (χ2n) is 5.01. The van der Waals surface area contributed by atoms with Crippen LogP contribution in [0, 0.1) is 12.7 Å². The molecule has 0 amide bonds. The van der Waals surface area contributed by atoms with Crippen LogP contribution < -0.4 is 10.2 Å². The molecule has 3 rings (SSSR count). The Bertz CT molecular complexity index is 950. The van der Waals surface area contributed by atoms with Gasteiger partial charge in [0.2, 0.25) is 11.2 Å². The summed E-state index contributed by atoms with van der Waals surface area (Å²) in [5.41, 5.74) is 0.615. The summed E-state index contributed by atoms with van der Waals surface area (Å²) < 4.78 is 24.1. The van der Waals surface area contributed by atoms with Gasteiger partial charge in [0.1, 0.15) is 17.8 Å². The number of halogens is 1. The number of hydrogen-bond donors (Lipinski definition) is 0. The van der Waals surface area contributed by atoms with Crippen LogP contribution in [0.3, 0.4) is 0 Å². The highest BCUT2D eigenvalue weighted by Crippen LogP contribution is 2.26. The van der Waals surface area contributed by atoms with E-state index in [1.165, 1.54) is 41.3 Å². The Balaban J connectivity index is 1.66. The first kappa shape index (κ1) is 17.4. The first-order valence-electron chi connectivity index (χ1n) is 7.15.